The van der Waals surface area contributed by atoms with Crippen LogP contribution in [0.1, 0.15) is 43.7 Å². The lowest BCUT2D eigenvalue weighted by Crippen LogP contribution is -2.34. The van der Waals surface area contributed by atoms with E-state index in [-0.39, 0.29) is 6.04 Å². The Morgan fingerprint density at radius 3 is 2.67 bits per heavy atom. The maximum absolute atomic E-state index is 12.9. The summed E-state index contributed by atoms with van der Waals surface area (Å²) >= 11 is 0. The van der Waals surface area contributed by atoms with Crippen molar-refractivity contribution in [3.63, 3.8) is 0 Å². The van der Waals surface area contributed by atoms with Crippen LogP contribution in [0.5, 0.6) is 0 Å². The van der Waals surface area contributed by atoms with E-state index in [2.05, 4.69) is 5.32 Å². The molecule has 1 unspecified atom stereocenters. The lowest BCUT2D eigenvalue weighted by Gasteiger charge is -2.22. The topological polar surface area (TPSA) is 49.4 Å². The SMILES string of the molecule is Cc1ccc(CNC2CC2)cc1S(=O)(=O)N1CCCC1C. The van der Waals surface area contributed by atoms with Crippen LogP contribution >= 0.6 is 0 Å². The number of hydrogen-bond donors (Lipinski definition) is 1. The molecule has 1 atom stereocenters. The zero-order valence-corrected chi connectivity index (χ0v) is 13.6. The molecule has 0 spiro atoms. The molecule has 4 nitrogen and oxygen atoms in total. The van der Waals surface area contributed by atoms with Gasteiger partial charge < -0.3 is 5.32 Å². The van der Waals surface area contributed by atoms with E-state index in [9.17, 15) is 8.42 Å². The molecule has 2 fully saturated rings. The number of benzene rings is 1. The van der Waals surface area contributed by atoms with E-state index in [1.807, 2.05) is 32.0 Å². The predicted octanol–water partition coefficient (Wildman–Crippen LogP) is 2.42. The van der Waals surface area contributed by atoms with Crippen LogP contribution in [0.3, 0.4) is 0 Å². The first kappa shape index (κ1) is 15.0. The summed E-state index contributed by atoms with van der Waals surface area (Å²) in [5.41, 5.74) is 1.89. The van der Waals surface area contributed by atoms with Crippen molar-refractivity contribution in [1.82, 2.24) is 9.62 Å². The van der Waals surface area contributed by atoms with Crippen LogP contribution in [0.25, 0.3) is 0 Å². The highest BCUT2D eigenvalue weighted by molar-refractivity contribution is 7.89. The van der Waals surface area contributed by atoms with Gasteiger partial charge in [-0.3, -0.25) is 0 Å². The van der Waals surface area contributed by atoms with Crippen molar-refractivity contribution < 1.29 is 8.42 Å². The molecule has 1 aromatic rings. The van der Waals surface area contributed by atoms with Gasteiger partial charge >= 0.3 is 0 Å². The molecule has 1 aliphatic carbocycles. The average Bonchev–Trinajstić information content (AvgIpc) is 3.17. The minimum Gasteiger partial charge on any atom is -0.310 e. The Bertz CT molecular complexity index is 623. The van der Waals surface area contributed by atoms with Gasteiger partial charge in [0, 0.05) is 25.2 Å². The molecule has 5 heteroatoms. The number of sulfonamides is 1. The smallest absolute Gasteiger partial charge is 0.243 e. The maximum Gasteiger partial charge on any atom is 0.243 e. The lowest BCUT2D eigenvalue weighted by atomic mass is 10.1. The fourth-order valence-electron chi connectivity index (χ4n) is 2.97. The largest absolute Gasteiger partial charge is 0.310 e. The molecule has 1 saturated carbocycles. The van der Waals surface area contributed by atoms with E-state index in [1.165, 1.54) is 12.8 Å². The monoisotopic (exact) mass is 308 g/mol. The normalized spacial score (nSPS) is 23.6. The minimum absolute atomic E-state index is 0.114. The van der Waals surface area contributed by atoms with Crippen LogP contribution in [-0.4, -0.2) is 31.4 Å². The molecule has 21 heavy (non-hydrogen) atoms. The third-order valence-electron chi connectivity index (χ3n) is 4.50. The zero-order valence-electron chi connectivity index (χ0n) is 12.8. The number of aryl methyl sites for hydroxylation is 1. The third kappa shape index (κ3) is 3.15. The second kappa shape index (κ2) is 5.71. The van der Waals surface area contributed by atoms with Crippen molar-refractivity contribution in [3.05, 3.63) is 29.3 Å². The Balaban J connectivity index is 1.86. The van der Waals surface area contributed by atoms with Crippen molar-refractivity contribution in [2.75, 3.05) is 6.54 Å². The van der Waals surface area contributed by atoms with Gasteiger partial charge in [0.25, 0.3) is 0 Å². The molecule has 1 saturated heterocycles. The zero-order chi connectivity index (χ0) is 15.0. The summed E-state index contributed by atoms with van der Waals surface area (Å²) in [7, 11) is -3.36. The van der Waals surface area contributed by atoms with Crippen molar-refractivity contribution in [2.24, 2.45) is 0 Å². The summed E-state index contributed by atoms with van der Waals surface area (Å²) in [5, 5.41) is 3.44. The quantitative estimate of drug-likeness (QED) is 0.909. The Hall–Kier alpha value is -0.910. The molecule has 0 bridgehead atoms. The van der Waals surface area contributed by atoms with Gasteiger partial charge in [-0.15, -0.1) is 0 Å². The molecule has 0 aromatic heterocycles. The molecule has 1 heterocycles. The van der Waals surface area contributed by atoms with Crippen LogP contribution in [0.2, 0.25) is 0 Å². The van der Waals surface area contributed by atoms with Crippen molar-refractivity contribution in [2.45, 2.75) is 63.1 Å². The highest BCUT2D eigenvalue weighted by Gasteiger charge is 2.33. The number of rotatable bonds is 5. The standard InChI is InChI=1S/C16H24N2O2S/c1-12-5-6-14(11-17-15-7-8-15)10-16(12)21(19,20)18-9-3-4-13(18)2/h5-6,10,13,15,17H,3-4,7-9,11H2,1-2H3. The maximum atomic E-state index is 12.9. The number of hydrogen-bond acceptors (Lipinski definition) is 3. The summed E-state index contributed by atoms with van der Waals surface area (Å²) < 4.78 is 27.4. The van der Waals surface area contributed by atoms with Crippen molar-refractivity contribution >= 4 is 10.0 Å². The van der Waals surface area contributed by atoms with Gasteiger partial charge in [-0.2, -0.15) is 4.31 Å². The Labute approximate surface area is 127 Å². The second-order valence-corrected chi connectivity index (χ2v) is 8.22. The van der Waals surface area contributed by atoms with Crippen LogP contribution in [0.4, 0.5) is 0 Å². The van der Waals surface area contributed by atoms with E-state index < -0.39 is 10.0 Å². The molecular weight excluding hydrogens is 284 g/mol. The van der Waals surface area contributed by atoms with E-state index in [4.69, 9.17) is 0 Å². The van der Waals surface area contributed by atoms with Crippen LogP contribution in [0, 0.1) is 6.92 Å². The summed E-state index contributed by atoms with van der Waals surface area (Å²) in [6, 6.07) is 6.55. The third-order valence-corrected chi connectivity index (χ3v) is 6.66. The molecule has 0 radical (unpaired) electrons. The number of nitrogens with zero attached hydrogens (tertiary/aromatic N) is 1. The van der Waals surface area contributed by atoms with Crippen LogP contribution < -0.4 is 5.32 Å². The molecule has 0 amide bonds. The van der Waals surface area contributed by atoms with Gasteiger partial charge in [-0.05, 0) is 56.7 Å². The molecule has 2 aliphatic rings. The van der Waals surface area contributed by atoms with E-state index >= 15 is 0 Å². The van der Waals surface area contributed by atoms with Gasteiger partial charge in [0.1, 0.15) is 0 Å². The molecule has 3 rings (SSSR count). The highest BCUT2D eigenvalue weighted by Crippen LogP contribution is 2.28. The van der Waals surface area contributed by atoms with Crippen molar-refractivity contribution in [1.29, 1.82) is 0 Å². The number of nitrogens with one attached hydrogen (secondary N) is 1. The van der Waals surface area contributed by atoms with Crippen molar-refractivity contribution in [3.8, 4) is 0 Å². The predicted molar refractivity (Wildman–Crippen MR) is 83.6 cm³/mol. The van der Waals surface area contributed by atoms with Gasteiger partial charge in [-0.25, -0.2) is 8.42 Å². The fraction of sp³-hybridized carbons (Fsp3) is 0.625. The minimum atomic E-state index is -3.36. The summed E-state index contributed by atoms with van der Waals surface area (Å²) in [5.74, 6) is 0. The van der Waals surface area contributed by atoms with Gasteiger partial charge in [0.15, 0.2) is 0 Å². The second-order valence-electron chi connectivity index (χ2n) is 6.36. The molecule has 1 aliphatic heterocycles. The van der Waals surface area contributed by atoms with Gasteiger partial charge in [0.2, 0.25) is 10.0 Å². The van der Waals surface area contributed by atoms with E-state index in [0.29, 0.717) is 17.5 Å². The average molecular weight is 308 g/mol. The summed E-state index contributed by atoms with van der Waals surface area (Å²) in [6.45, 7) is 5.28. The Morgan fingerprint density at radius 1 is 1.29 bits per heavy atom. The van der Waals surface area contributed by atoms with Gasteiger partial charge in [-0.1, -0.05) is 12.1 Å². The fourth-order valence-corrected chi connectivity index (χ4v) is 4.95. The molecule has 116 valence electrons. The first-order chi connectivity index (χ1) is 9.98. The molecular formula is C16H24N2O2S. The Morgan fingerprint density at radius 2 is 2.05 bits per heavy atom. The first-order valence-electron chi connectivity index (χ1n) is 7.83. The van der Waals surface area contributed by atoms with Crippen LogP contribution in [-0.2, 0) is 16.6 Å². The van der Waals surface area contributed by atoms with E-state index in [0.717, 1.165) is 30.5 Å². The lowest BCUT2D eigenvalue weighted by molar-refractivity contribution is 0.408. The molecule has 1 N–H and O–H groups in total. The summed E-state index contributed by atoms with van der Waals surface area (Å²) in [4.78, 5) is 0.478. The summed E-state index contributed by atoms with van der Waals surface area (Å²) in [6.07, 6.45) is 4.40. The van der Waals surface area contributed by atoms with E-state index in [1.54, 1.807) is 4.31 Å². The first-order valence-corrected chi connectivity index (χ1v) is 9.27. The molecule has 1 aromatic carbocycles. The Kier molecular flexibility index (Phi) is 4.08. The highest BCUT2D eigenvalue weighted by atomic mass is 32.2. The van der Waals surface area contributed by atoms with Crippen LogP contribution in [0.15, 0.2) is 23.1 Å². The van der Waals surface area contributed by atoms with Gasteiger partial charge in [0.05, 0.1) is 4.90 Å².